The number of hydrogen-bond donors (Lipinski definition) is 2. The molecule has 0 saturated carbocycles. The summed E-state index contributed by atoms with van der Waals surface area (Å²) in [5.41, 5.74) is 4.35. The highest BCUT2D eigenvalue weighted by molar-refractivity contribution is 7.92. The maximum atomic E-state index is 13.0. The van der Waals surface area contributed by atoms with Gasteiger partial charge < -0.3 is 10.6 Å². The lowest BCUT2D eigenvalue weighted by Crippen LogP contribution is -2.29. The van der Waals surface area contributed by atoms with Crippen molar-refractivity contribution in [1.29, 1.82) is 0 Å². The lowest BCUT2D eigenvalue weighted by Gasteiger charge is -2.23. The third-order valence-electron chi connectivity index (χ3n) is 6.11. The third-order valence-corrected chi connectivity index (χ3v) is 7.25. The first kappa shape index (κ1) is 26.6. The zero-order valence-electron chi connectivity index (χ0n) is 21.2. The van der Waals surface area contributed by atoms with Gasteiger partial charge in [0.2, 0.25) is 10.0 Å². The average Bonchev–Trinajstić information content (AvgIpc) is 2.91. The number of anilines is 2. The Labute approximate surface area is 223 Å². The Hall–Kier alpha value is -4.43. The van der Waals surface area contributed by atoms with Crippen LogP contribution in [0.1, 0.15) is 37.4 Å². The fraction of sp³-hybridized carbons (Fsp3) is 0.133. The number of hydrogen-bond acceptors (Lipinski definition) is 4. The number of nitrogens with zero attached hydrogens (tertiary/aromatic N) is 1. The monoisotopic (exact) mass is 527 g/mol. The maximum Gasteiger partial charge on any atom is 0.255 e. The second kappa shape index (κ2) is 11.7. The van der Waals surface area contributed by atoms with E-state index in [1.54, 1.807) is 48.5 Å². The van der Waals surface area contributed by atoms with Gasteiger partial charge in [0.25, 0.3) is 11.8 Å². The topological polar surface area (TPSA) is 95.6 Å². The predicted octanol–water partition coefficient (Wildman–Crippen LogP) is 5.14. The minimum atomic E-state index is -3.57. The molecule has 0 saturated heterocycles. The van der Waals surface area contributed by atoms with Crippen LogP contribution in [0.2, 0.25) is 0 Å². The minimum absolute atomic E-state index is 0.183. The fourth-order valence-corrected chi connectivity index (χ4v) is 4.86. The van der Waals surface area contributed by atoms with Crippen LogP contribution in [-0.4, -0.2) is 26.5 Å². The van der Waals surface area contributed by atoms with Gasteiger partial charge in [-0.3, -0.25) is 13.9 Å². The number of para-hydroxylation sites is 1. The Kier molecular flexibility index (Phi) is 8.23. The van der Waals surface area contributed by atoms with E-state index in [1.165, 1.54) is 4.31 Å². The second-order valence-corrected chi connectivity index (χ2v) is 10.8. The van der Waals surface area contributed by atoms with E-state index in [4.69, 9.17) is 0 Å². The number of sulfonamides is 1. The molecule has 0 unspecified atom stereocenters. The average molecular weight is 528 g/mol. The van der Waals surface area contributed by atoms with Crippen LogP contribution in [0.3, 0.4) is 0 Å². The van der Waals surface area contributed by atoms with Crippen LogP contribution in [0.25, 0.3) is 0 Å². The maximum absolute atomic E-state index is 13.0. The van der Waals surface area contributed by atoms with Gasteiger partial charge in [-0.2, -0.15) is 0 Å². The molecule has 8 heteroatoms. The first-order chi connectivity index (χ1) is 18.2. The molecule has 7 nitrogen and oxygen atoms in total. The summed E-state index contributed by atoms with van der Waals surface area (Å²) in [4.78, 5) is 25.8. The molecule has 0 bridgehead atoms. The number of benzene rings is 4. The van der Waals surface area contributed by atoms with E-state index in [1.807, 2.05) is 61.5 Å². The molecule has 0 aliphatic rings. The lowest BCUT2D eigenvalue weighted by molar-refractivity contribution is 0.0951. The van der Waals surface area contributed by atoms with Crippen LogP contribution in [0.4, 0.5) is 11.4 Å². The van der Waals surface area contributed by atoms with E-state index in [0.29, 0.717) is 29.0 Å². The summed E-state index contributed by atoms with van der Waals surface area (Å²) in [5, 5.41) is 5.67. The van der Waals surface area contributed by atoms with Gasteiger partial charge in [-0.1, -0.05) is 66.7 Å². The van der Waals surface area contributed by atoms with E-state index >= 15 is 0 Å². The first-order valence-electron chi connectivity index (χ1n) is 12.1. The highest BCUT2D eigenvalue weighted by Gasteiger charge is 2.20. The fourth-order valence-electron chi connectivity index (χ4n) is 3.98. The number of rotatable bonds is 9. The predicted molar refractivity (Wildman–Crippen MR) is 151 cm³/mol. The van der Waals surface area contributed by atoms with E-state index < -0.39 is 15.9 Å². The van der Waals surface area contributed by atoms with Gasteiger partial charge in [-0.15, -0.1) is 0 Å². The largest absolute Gasteiger partial charge is 0.348 e. The zero-order valence-corrected chi connectivity index (χ0v) is 22.0. The molecule has 4 aromatic rings. The van der Waals surface area contributed by atoms with Crippen molar-refractivity contribution < 1.29 is 18.0 Å². The number of nitrogens with one attached hydrogen (secondary N) is 2. The normalized spacial score (nSPS) is 11.0. The van der Waals surface area contributed by atoms with E-state index in [2.05, 4.69) is 10.6 Å². The lowest BCUT2D eigenvalue weighted by atomic mass is 10.1. The number of aryl methyl sites for hydroxylation is 1. The summed E-state index contributed by atoms with van der Waals surface area (Å²) >= 11 is 0. The quantitative estimate of drug-likeness (QED) is 0.315. The van der Waals surface area contributed by atoms with Gasteiger partial charge in [0.15, 0.2) is 0 Å². The molecular formula is C30H29N3O4S. The number of carbonyl (C=O) groups is 2. The molecule has 0 atom stereocenters. The summed E-state index contributed by atoms with van der Waals surface area (Å²) in [7, 11) is -3.57. The second-order valence-electron chi connectivity index (χ2n) is 8.91. The van der Waals surface area contributed by atoms with E-state index in [9.17, 15) is 18.0 Å². The minimum Gasteiger partial charge on any atom is -0.348 e. The molecule has 4 rings (SSSR count). The smallest absolute Gasteiger partial charge is 0.255 e. The highest BCUT2D eigenvalue weighted by atomic mass is 32.2. The van der Waals surface area contributed by atoms with Crippen molar-refractivity contribution in [2.75, 3.05) is 15.9 Å². The standard InChI is InChI=1S/C30H29N3O4S/c1-22-10-6-7-13-25(22)21-33(38(2,36)37)26-18-16-24(17-19-26)29(34)32-28-15-9-8-14-27(28)30(35)31-20-23-11-4-3-5-12-23/h3-19H,20-21H2,1-2H3,(H,31,35)(H,32,34). The summed E-state index contributed by atoms with van der Waals surface area (Å²) in [6.45, 7) is 2.48. The van der Waals surface area contributed by atoms with E-state index in [0.717, 1.165) is 22.9 Å². The molecule has 38 heavy (non-hydrogen) atoms. The molecule has 0 radical (unpaired) electrons. The molecule has 0 heterocycles. The summed E-state index contributed by atoms with van der Waals surface area (Å²) in [6, 6.07) is 30.3. The van der Waals surface area contributed by atoms with Gasteiger partial charge in [-0.05, 0) is 60.0 Å². The number of amides is 2. The van der Waals surface area contributed by atoms with Gasteiger partial charge >= 0.3 is 0 Å². The van der Waals surface area contributed by atoms with Crippen LogP contribution in [0.15, 0.2) is 103 Å². The summed E-state index contributed by atoms with van der Waals surface area (Å²) in [5.74, 6) is -0.718. The molecule has 0 aliphatic carbocycles. The van der Waals surface area contributed by atoms with Crippen molar-refractivity contribution in [2.24, 2.45) is 0 Å². The molecule has 2 amide bonds. The van der Waals surface area contributed by atoms with Crippen LogP contribution in [-0.2, 0) is 23.1 Å². The van der Waals surface area contributed by atoms with Crippen molar-refractivity contribution in [3.05, 3.63) is 131 Å². The van der Waals surface area contributed by atoms with Crippen molar-refractivity contribution in [1.82, 2.24) is 5.32 Å². The molecule has 4 aromatic carbocycles. The van der Waals surface area contributed by atoms with Crippen LogP contribution in [0, 0.1) is 6.92 Å². The molecule has 0 aromatic heterocycles. The SMILES string of the molecule is Cc1ccccc1CN(c1ccc(C(=O)Nc2ccccc2C(=O)NCc2ccccc2)cc1)S(C)(=O)=O. The molecular weight excluding hydrogens is 498 g/mol. The van der Waals surface area contributed by atoms with Gasteiger partial charge in [-0.25, -0.2) is 8.42 Å². The molecule has 194 valence electrons. The summed E-state index contributed by atoms with van der Waals surface area (Å²) in [6.07, 6.45) is 1.16. The zero-order chi connectivity index (χ0) is 27.1. The Balaban J connectivity index is 1.48. The Morgan fingerprint density at radius 1 is 0.763 bits per heavy atom. The van der Waals surface area contributed by atoms with Crippen LogP contribution < -0.4 is 14.9 Å². The third kappa shape index (κ3) is 6.66. The molecule has 0 fully saturated rings. The molecule has 2 N–H and O–H groups in total. The van der Waals surface area contributed by atoms with Crippen molar-refractivity contribution >= 4 is 33.2 Å². The Morgan fingerprint density at radius 3 is 2.08 bits per heavy atom. The van der Waals surface area contributed by atoms with Gasteiger partial charge in [0.1, 0.15) is 0 Å². The van der Waals surface area contributed by atoms with Gasteiger partial charge in [0, 0.05) is 12.1 Å². The molecule has 0 aliphatic heterocycles. The Morgan fingerprint density at radius 2 is 1.39 bits per heavy atom. The van der Waals surface area contributed by atoms with Gasteiger partial charge in [0.05, 0.1) is 29.7 Å². The first-order valence-corrected chi connectivity index (χ1v) is 13.9. The van der Waals surface area contributed by atoms with Crippen molar-refractivity contribution in [3.63, 3.8) is 0 Å². The van der Waals surface area contributed by atoms with Crippen molar-refractivity contribution in [3.8, 4) is 0 Å². The Bertz CT molecular complexity index is 1540. The molecule has 0 spiro atoms. The number of carbonyl (C=O) groups excluding carboxylic acids is 2. The van der Waals surface area contributed by atoms with Crippen molar-refractivity contribution in [2.45, 2.75) is 20.0 Å². The van der Waals surface area contributed by atoms with E-state index in [-0.39, 0.29) is 12.5 Å². The highest BCUT2D eigenvalue weighted by Crippen LogP contribution is 2.23. The van der Waals surface area contributed by atoms with Crippen LogP contribution in [0.5, 0.6) is 0 Å². The van der Waals surface area contributed by atoms with Crippen LogP contribution >= 0.6 is 0 Å². The summed E-state index contributed by atoms with van der Waals surface area (Å²) < 4.78 is 26.4.